The van der Waals surface area contributed by atoms with Gasteiger partial charge >= 0.3 is 12.2 Å². The van der Waals surface area contributed by atoms with Crippen LogP contribution in [0, 0.1) is 5.92 Å². The van der Waals surface area contributed by atoms with Crippen LogP contribution in [0.15, 0.2) is 24.3 Å². The van der Waals surface area contributed by atoms with Crippen LogP contribution in [0.25, 0.3) is 0 Å². The number of hydrogen-bond acceptors (Lipinski definition) is 1. The van der Waals surface area contributed by atoms with E-state index in [9.17, 15) is 26.3 Å². The van der Waals surface area contributed by atoms with E-state index in [2.05, 4.69) is 0 Å². The Morgan fingerprint density at radius 3 is 2.24 bits per heavy atom. The van der Waals surface area contributed by atoms with Gasteiger partial charge in [0.1, 0.15) is 0 Å². The second kappa shape index (κ2) is 6.42. The fourth-order valence-corrected chi connectivity index (χ4v) is 2.33. The summed E-state index contributed by atoms with van der Waals surface area (Å²) < 4.78 is 80.1. The lowest BCUT2D eigenvalue weighted by Crippen LogP contribution is -2.61. The van der Waals surface area contributed by atoms with E-state index in [4.69, 9.17) is 0 Å². The summed E-state index contributed by atoms with van der Waals surface area (Å²) in [5.74, 6) is -3.31. The summed E-state index contributed by atoms with van der Waals surface area (Å²) >= 11 is 0. The summed E-state index contributed by atoms with van der Waals surface area (Å²) in [5, 5.41) is 0. The highest BCUT2D eigenvalue weighted by Crippen LogP contribution is 2.45. The molecule has 0 fully saturated rings. The normalized spacial score (nSPS) is 24.6. The van der Waals surface area contributed by atoms with E-state index in [1.54, 1.807) is 6.92 Å². The first kappa shape index (κ1) is 18.1. The fraction of sp³-hybridized carbons (Fsp3) is 0.714. The Balaban J connectivity index is 3.11. The molecule has 0 bridgehead atoms. The number of allylic oxidation sites excluding steroid dienone is 2. The van der Waals surface area contributed by atoms with E-state index in [-0.39, 0.29) is 4.90 Å². The van der Waals surface area contributed by atoms with Crippen molar-refractivity contribution in [3.05, 3.63) is 24.3 Å². The molecule has 122 valence electrons. The maximum Gasteiger partial charge on any atom is 0.469 e. The van der Waals surface area contributed by atoms with Crippen molar-refractivity contribution in [3.8, 4) is 0 Å². The van der Waals surface area contributed by atoms with Crippen LogP contribution in [0.4, 0.5) is 26.3 Å². The first-order valence-electron chi connectivity index (χ1n) is 6.80. The van der Waals surface area contributed by atoms with Gasteiger partial charge in [0.2, 0.25) is 0 Å². The van der Waals surface area contributed by atoms with Gasteiger partial charge < -0.3 is 0 Å². The number of rotatable bonds is 6. The second-order valence-electron chi connectivity index (χ2n) is 5.35. The van der Waals surface area contributed by atoms with Gasteiger partial charge in [0.05, 0.1) is 0 Å². The fourth-order valence-electron chi connectivity index (χ4n) is 2.33. The van der Waals surface area contributed by atoms with Crippen molar-refractivity contribution in [1.82, 2.24) is 4.90 Å². The van der Waals surface area contributed by atoms with Crippen LogP contribution in [0.1, 0.15) is 33.1 Å². The molecule has 2 unspecified atom stereocenters. The molecule has 0 N–H and O–H groups in total. The molecule has 2 atom stereocenters. The third kappa shape index (κ3) is 4.02. The molecule has 0 heterocycles. The van der Waals surface area contributed by atoms with E-state index in [0.29, 0.717) is 12.8 Å². The minimum atomic E-state index is -5.83. The van der Waals surface area contributed by atoms with Gasteiger partial charge in [0, 0.05) is 13.0 Å². The minimum Gasteiger partial charge on any atom is -0.221 e. The number of nitrogens with zero attached hydrogens (tertiary/aromatic N) is 1. The largest absolute Gasteiger partial charge is 0.469 e. The third-order valence-electron chi connectivity index (χ3n) is 3.41. The van der Waals surface area contributed by atoms with Crippen molar-refractivity contribution in [2.24, 2.45) is 5.92 Å². The van der Waals surface area contributed by atoms with Crippen molar-refractivity contribution in [2.75, 3.05) is 6.54 Å². The molecule has 1 aliphatic rings. The van der Waals surface area contributed by atoms with Crippen molar-refractivity contribution in [3.63, 3.8) is 0 Å². The summed E-state index contributed by atoms with van der Waals surface area (Å²) in [4.78, 5) is -0.361. The van der Waals surface area contributed by atoms with Crippen LogP contribution < -0.4 is 0 Å². The predicted molar refractivity (Wildman–Crippen MR) is 68.5 cm³/mol. The highest BCUT2D eigenvalue weighted by atomic mass is 19.4. The molecule has 1 nitrogen and oxygen atoms in total. The maximum absolute atomic E-state index is 14.7. The van der Waals surface area contributed by atoms with Gasteiger partial charge in [-0.05, 0) is 18.4 Å². The van der Waals surface area contributed by atoms with Gasteiger partial charge in [0.25, 0.3) is 0 Å². The van der Waals surface area contributed by atoms with Crippen molar-refractivity contribution in [1.29, 1.82) is 0 Å². The molecule has 0 aromatic rings. The Morgan fingerprint density at radius 2 is 1.81 bits per heavy atom. The first-order valence-corrected chi connectivity index (χ1v) is 6.80. The van der Waals surface area contributed by atoms with Crippen molar-refractivity contribution in [2.45, 2.75) is 51.1 Å². The molecule has 21 heavy (non-hydrogen) atoms. The highest BCUT2D eigenvalue weighted by Gasteiger charge is 2.66. The molecule has 0 radical (unpaired) electrons. The van der Waals surface area contributed by atoms with Gasteiger partial charge in [-0.25, -0.2) is 4.39 Å². The maximum atomic E-state index is 14.7. The standard InChI is InChI=1S/C14H19F6N/c1-3-7-11(2)10-21(14(19,20)13(16,17)18)12(15)8-5-4-6-9-12/h4-6,8,11H,3,7,9-10H2,1-2H3. The van der Waals surface area contributed by atoms with E-state index in [1.165, 1.54) is 19.1 Å². The summed E-state index contributed by atoms with van der Waals surface area (Å²) in [6.45, 7) is 2.65. The van der Waals surface area contributed by atoms with Crippen LogP contribution in [-0.4, -0.2) is 29.5 Å². The molecule has 7 heteroatoms. The van der Waals surface area contributed by atoms with Crippen LogP contribution in [0.5, 0.6) is 0 Å². The van der Waals surface area contributed by atoms with E-state index in [0.717, 1.165) is 12.2 Å². The van der Waals surface area contributed by atoms with Gasteiger partial charge in [-0.3, -0.25) is 0 Å². The zero-order chi connectivity index (χ0) is 16.3. The quantitative estimate of drug-likeness (QED) is 0.489. The molecule has 0 saturated heterocycles. The number of alkyl halides is 6. The van der Waals surface area contributed by atoms with Gasteiger partial charge in [-0.2, -0.15) is 26.9 Å². The molecule has 0 aromatic heterocycles. The zero-order valence-electron chi connectivity index (χ0n) is 11.9. The molecule has 0 saturated carbocycles. The average Bonchev–Trinajstić information content (AvgIpc) is 2.35. The average molecular weight is 315 g/mol. The van der Waals surface area contributed by atoms with Crippen LogP contribution >= 0.6 is 0 Å². The summed E-state index contributed by atoms with van der Waals surface area (Å²) in [6.07, 6.45) is -0.733. The Bertz CT molecular complexity index is 401. The van der Waals surface area contributed by atoms with E-state index < -0.39 is 36.9 Å². The molecular formula is C14H19F6N. The molecule has 0 aromatic carbocycles. The highest BCUT2D eigenvalue weighted by molar-refractivity contribution is 5.18. The first-order chi connectivity index (χ1) is 9.54. The second-order valence-corrected chi connectivity index (χ2v) is 5.35. The van der Waals surface area contributed by atoms with Crippen molar-refractivity contribution < 1.29 is 26.3 Å². The van der Waals surface area contributed by atoms with E-state index in [1.807, 2.05) is 0 Å². The lowest BCUT2D eigenvalue weighted by molar-refractivity contribution is -0.364. The predicted octanol–water partition coefficient (Wildman–Crippen LogP) is 5.06. The summed E-state index contributed by atoms with van der Waals surface area (Å²) in [7, 11) is 0. The molecular weight excluding hydrogens is 296 g/mol. The topological polar surface area (TPSA) is 3.24 Å². The third-order valence-corrected chi connectivity index (χ3v) is 3.41. The summed E-state index contributed by atoms with van der Waals surface area (Å²) in [5.41, 5.74) is 0. The molecule has 1 aliphatic carbocycles. The minimum absolute atomic E-state index is 0.361. The van der Waals surface area contributed by atoms with E-state index >= 15 is 0 Å². The molecule has 0 amide bonds. The van der Waals surface area contributed by atoms with Crippen LogP contribution in [0.3, 0.4) is 0 Å². The Hall–Kier alpha value is -0.980. The van der Waals surface area contributed by atoms with Crippen LogP contribution in [0.2, 0.25) is 0 Å². The lowest BCUT2D eigenvalue weighted by Gasteiger charge is -2.42. The van der Waals surface area contributed by atoms with Gasteiger partial charge in [-0.15, -0.1) is 0 Å². The number of hydrogen-bond donors (Lipinski definition) is 0. The molecule has 0 spiro atoms. The van der Waals surface area contributed by atoms with Gasteiger partial charge in [-0.1, -0.05) is 38.5 Å². The monoisotopic (exact) mass is 315 g/mol. The van der Waals surface area contributed by atoms with Crippen LogP contribution in [-0.2, 0) is 0 Å². The smallest absolute Gasteiger partial charge is 0.221 e. The van der Waals surface area contributed by atoms with Gasteiger partial charge in [0.15, 0.2) is 5.79 Å². The summed E-state index contributed by atoms with van der Waals surface area (Å²) in [6, 6.07) is -5.22. The zero-order valence-corrected chi connectivity index (χ0v) is 11.9. The Labute approximate surface area is 120 Å². The molecule has 0 aliphatic heterocycles. The Morgan fingerprint density at radius 1 is 1.19 bits per heavy atom. The Kier molecular flexibility index (Phi) is 5.52. The number of halogens is 6. The SMILES string of the molecule is CCCC(C)CN(C1(F)C=CC=CC1)C(F)(F)C(F)(F)F. The van der Waals surface area contributed by atoms with Crippen molar-refractivity contribution >= 4 is 0 Å². The molecule has 1 rings (SSSR count). The lowest BCUT2D eigenvalue weighted by atomic mass is 9.99.